The van der Waals surface area contributed by atoms with Crippen LogP contribution in [-0.2, 0) is 6.42 Å². The SMILES string of the molecule is CCNC(=NCCc1ccccc1OCC)NC1CCC(O)CC1.I. The van der Waals surface area contributed by atoms with Crippen molar-refractivity contribution in [1.29, 1.82) is 0 Å². The first-order valence-corrected chi connectivity index (χ1v) is 9.16. The van der Waals surface area contributed by atoms with E-state index >= 15 is 0 Å². The van der Waals surface area contributed by atoms with Gasteiger partial charge in [-0.05, 0) is 57.6 Å². The van der Waals surface area contributed by atoms with Crippen molar-refractivity contribution < 1.29 is 9.84 Å². The number of hydrogen-bond acceptors (Lipinski definition) is 3. The molecule has 0 radical (unpaired) electrons. The molecular formula is C19H32IN3O2. The molecule has 1 aromatic carbocycles. The number of rotatable bonds is 7. The summed E-state index contributed by atoms with van der Waals surface area (Å²) in [5.41, 5.74) is 1.19. The Balaban J connectivity index is 0.00000312. The van der Waals surface area contributed by atoms with Gasteiger partial charge in [0.05, 0.1) is 12.7 Å². The predicted molar refractivity (Wildman–Crippen MR) is 114 cm³/mol. The van der Waals surface area contributed by atoms with E-state index in [0.29, 0.717) is 12.6 Å². The highest BCUT2D eigenvalue weighted by molar-refractivity contribution is 14.0. The van der Waals surface area contributed by atoms with Crippen LogP contribution in [0.1, 0.15) is 45.1 Å². The van der Waals surface area contributed by atoms with Crippen molar-refractivity contribution in [3.8, 4) is 5.75 Å². The van der Waals surface area contributed by atoms with Crippen LogP contribution in [0.2, 0.25) is 0 Å². The molecule has 0 atom stereocenters. The van der Waals surface area contributed by atoms with E-state index in [1.165, 1.54) is 5.56 Å². The number of para-hydroxylation sites is 1. The Morgan fingerprint density at radius 3 is 2.60 bits per heavy atom. The first-order chi connectivity index (χ1) is 11.7. The highest BCUT2D eigenvalue weighted by Crippen LogP contribution is 2.19. The number of hydrogen-bond donors (Lipinski definition) is 3. The van der Waals surface area contributed by atoms with Crippen molar-refractivity contribution in [2.75, 3.05) is 19.7 Å². The van der Waals surface area contributed by atoms with E-state index in [9.17, 15) is 5.11 Å². The third-order valence-corrected chi connectivity index (χ3v) is 4.31. The number of aliphatic hydroxyl groups is 1. The monoisotopic (exact) mass is 461 g/mol. The quantitative estimate of drug-likeness (QED) is 0.332. The molecule has 0 saturated heterocycles. The molecule has 0 amide bonds. The maximum Gasteiger partial charge on any atom is 0.191 e. The summed E-state index contributed by atoms with van der Waals surface area (Å²) < 4.78 is 5.67. The predicted octanol–water partition coefficient (Wildman–Crippen LogP) is 3.10. The molecule has 0 spiro atoms. The molecule has 6 heteroatoms. The minimum absolute atomic E-state index is 0. The number of nitrogens with one attached hydrogen (secondary N) is 2. The third kappa shape index (κ3) is 7.81. The van der Waals surface area contributed by atoms with E-state index in [4.69, 9.17) is 9.73 Å². The van der Waals surface area contributed by atoms with E-state index < -0.39 is 0 Å². The second-order valence-electron chi connectivity index (χ2n) is 6.20. The molecule has 25 heavy (non-hydrogen) atoms. The Morgan fingerprint density at radius 1 is 1.20 bits per heavy atom. The summed E-state index contributed by atoms with van der Waals surface area (Å²) in [6, 6.07) is 8.56. The summed E-state index contributed by atoms with van der Waals surface area (Å²) in [6.07, 6.45) is 4.48. The van der Waals surface area contributed by atoms with Crippen LogP contribution in [0, 0.1) is 0 Å². The van der Waals surface area contributed by atoms with Gasteiger partial charge in [0, 0.05) is 19.1 Å². The van der Waals surface area contributed by atoms with Gasteiger partial charge in [-0.1, -0.05) is 18.2 Å². The third-order valence-electron chi connectivity index (χ3n) is 4.31. The number of aliphatic hydroxyl groups excluding tert-OH is 1. The zero-order valence-electron chi connectivity index (χ0n) is 15.3. The lowest BCUT2D eigenvalue weighted by atomic mass is 9.93. The Hall–Kier alpha value is -1.02. The lowest BCUT2D eigenvalue weighted by molar-refractivity contribution is 0.120. The van der Waals surface area contributed by atoms with E-state index in [1.54, 1.807) is 0 Å². The Labute approximate surface area is 168 Å². The summed E-state index contributed by atoms with van der Waals surface area (Å²) in [7, 11) is 0. The minimum atomic E-state index is -0.127. The van der Waals surface area contributed by atoms with Gasteiger partial charge in [0.25, 0.3) is 0 Å². The van der Waals surface area contributed by atoms with E-state index in [2.05, 4.69) is 23.6 Å². The minimum Gasteiger partial charge on any atom is -0.494 e. The molecule has 0 heterocycles. The van der Waals surface area contributed by atoms with Crippen LogP contribution in [-0.4, -0.2) is 42.9 Å². The Kier molecular flexibility index (Phi) is 10.9. The van der Waals surface area contributed by atoms with Gasteiger partial charge in [0.15, 0.2) is 5.96 Å². The Bertz CT molecular complexity index is 517. The summed E-state index contributed by atoms with van der Waals surface area (Å²) in [4.78, 5) is 4.70. The molecule has 2 rings (SSSR count). The average Bonchev–Trinajstić information content (AvgIpc) is 2.59. The molecule has 0 aromatic heterocycles. The van der Waals surface area contributed by atoms with Gasteiger partial charge in [-0.2, -0.15) is 0 Å². The molecule has 1 aliphatic rings. The van der Waals surface area contributed by atoms with Crippen molar-refractivity contribution in [3.63, 3.8) is 0 Å². The highest BCUT2D eigenvalue weighted by atomic mass is 127. The molecule has 1 aromatic rings. The summed E-state index contributed by atoms with van der Waals surface area (Å²) in [6.45, 7) is 6.32. The number of guanidine groups is 1. The van der Waals surface area contributed by atoms with Crippen LogP contribution in [0.25, 0.3) is 0 Å². The molecule has 1 aliphatic carbocycles. The van der Waals surface area contributed by atoms with Gasteiger partial charge < -0.3 is 20.5 Å². The van der Waals surface area contributed by atoms with Crippen molar-refractivity contribution >= 4 is 29.9 Å². The van der Waals surface area contributed by atoms with Crippen LogP contribution in [0.5, 0.6) is 5.75 Å². The fourth-order valence-corrected chi connectivity index (χ4v) is 3.03. The van der Waals surface area contributed by atoms with Crippen LogP contribution >= 0.6 is 24.0 Å². The second kappa shape index (κ2) is 12.4. The van der Waals surface area contributed by atoms with E-state index in [1.807, 2.05) is 25.1 Å². The first kappa shape index (κ1) is 22.0. The molecule has 1 fully saturated rings. The fraction of sp³-hybridized carbons (Fsp3) is 0.632. The maximum atomic E-state index is 9.62. The number of halogens is 1. The molecular weight excluding hydrogens is 429 g/mol. The topological polar surface area (TPSA) is 65.9 Å². The van der Waals surface area contributed by atoms with E-state index in [0.717, 1.165) is 56.9 Å². The standard InChI is InChI=1S/C19H31N3O2.HI/c1-3-20-19(22-16-9-11-17(23)12-10-16)21-14-13-15-7-5-6-8-18(15)24-4-2;/h5-8,16-17,23H,3-4,9-14H2,1-2H3,(H2,20,21,22);1H. The normalized spacial score (nSPS) is 20.5. The van der Waals surface area contributed by atoms with Gasteiger partial charge in [-0.15, -0.1) is 24.0 Å². The van der Waals surface area contributed by atoms with Crippen molar-refractivity contribution in [2.45, 2.75) is 58.1 Å². The largest absolute Gasteiger partial charge is 0.494 e. The zero-order valence-corrected chi connectivity index (χ0v) is 17.7. The maximum absolute atomic E-state index is 9.62. The lowest BCUT2D eigenvalue weighted by Crippen LogP contribution is -2.45. The molecule has 0 aliphatic heterocycles. The summed E-state index contributed by atoms with van der Waals surface area (Å²) >= 11 is 0. The van der Waals surface area contributed by atoms with Crippen molar-refractivity contribution in [3.05, 3.63) is 29.8 Å². The van der Waals surface area contributed by atoms with Crippen molar-refractivity contribution in [1.82, 2.24) is 10.6 Å². The zero-order chi connectivity index (χ0) is 17.2. The second-order valence-corrected chi connectivity index (χ2v) is 6.20. The molecule has 3 N–H and O–H groups in total. The molecule has 1 saturated carbocycles. The van der Waals surface area contributed by atoms with Crippen LogP contribution in [0.3, 0.4) is 0 Å². The van der Waals surface area contributed by atoms with Gasteiger partial charge in [-0.25, -0.2) is 0 Å². The highest BCUT2D eigenvalue weighted by Gasteiger charge is 2.19. The molecule has 5 nitrogen and oxygen atoms in total. The van der Waals surface area contributed by atoms with Gasteiger partial charge in [-0.3, -0.25) is 4.99 Å². The smallest absolute Gasteiger partial charge is 0.191 e. The van der Waals surface area contributed by atoms with Crippen LogP contribution < -0.4 is 15.4 Å². The average molecular weight is 461 g/mol. The molecule has 0 bridgehead atoms. The fourth-order valence-electron chi connectivity index (χ4n) is 3.03. The molecule has 142 valence electrons. The first-order valence-electron chi connectivity index (χ1n) is 9.16. The summed E-state index contributed by atoms with van der Waals surface area (Å²) in [5, 5.41) is 16.4. The van der Waals surface area contributed by atoms with E-state index in [-0.39, 0.29) is 30.1 Å². The summed E-state index contributed by atoms with van der Waals surface area (Å²) in [5.74, 6) is 1.82. The number of nitrogens with zero attached hydrogens (tertiary/aromatic N) is 1. The van der Waals surface area contributed by atoms with Crippen LogP contribution in [0.15, 0.2) is 29.3 Å². The lowest BCUT2D eigenvalue weighted by Gasteiger charge is -2.27. The number of benzene rings is 1. The Morgan fingerprint density at radius 2 is 1.92 bits per heavy atom. The number of ether oxygens (including phenoxy) is 1. The van der Waals surface area contributed by atoms with Gasteiger partial charge >= 0.3 is 0 Å². The molecule has 0 unspecified atom stereocenters. The van der Waals surface area contributed by atoms with Gasteiger partial charge in [0.2, 0.25) is 0 Å². The van der Waals surface area contributed by atoms with Crippen molar-refractivity contribution in [2.24, 2.45) is 4.99 Å². The van der Waals surface area contributed by atoms with Gasteiger partial charge in [0.1, 0.15) is 5.75 Å². The number of aliphatic imine (C=N–C) groups is 1. The van der Waals surface area contributed by atoms with Crippen LogP contribution in [0.4, 0.5) is 0 Å².